The lowest BCUT2D eigenvalue weighted by Crippen LogP contribution is -2.26. The van der Waals surface area contributed by atoms with E-state index in [1.165, 1.54) is 43.5 Å². The molecule has 0 amide bonds. The van der Waals surface area contributed by atoms with Crippen molar-refractivity contribution in [2.75, 3.05) is 7.11 Å². The molecular weight excluding hydrogens is 352 g/mol. The highest BCUT2D eigenvalue weighted by Gasteiger charge is 2.23. The van der Waals surface area contributed by atoms with E-state index in [0.29, 0.717) is 11.3 Å². The summed E-state index contributed by atoms with van der Waals surface area (Å²) in [6, 6.07) is 8.56. The third-order valence-corrected chi connectivity index (χ3v) is 3.51. The van der Waals surface area contributed by atoms with Gasteiger partial charge < -0.3 is 24.4 Å². The van der Waals surface area contributed by atoms with Crippen molar-refractivity contribution in [1.29, 1.82) is 0 Å². The van der Waals surface area contributed by atoms with E-state index in [-0.39, 0.29) is 29.2 Å². The molecule has 0 heterocycles. The highest BCUT2D eigenvalue weighted by Crippen LogP contribution is 2.30. The molecule has 0 bridgehead atoms. The summed E-state index contributed by atoms with van der Waals surface area (Å²) in [5, 5.41) is 19.2. The monoisotopic (exact) mass is 374 g/mol. The van der Waals surface area contributed by atoms with Gasteiger partial charge in [-0.3, -0.25) is 4.79 Å². The van der Waals surface area contributed by atoms with Gasteiger partial charge in [0.05, 0.1) is 24.8 Å². The van der Waals surface area contributed by atoms with Crippen LogP contribution in [0, 0.1) is 0 Å². The Morgan fingerprint density at radius 1 is 1.04 bits per heavy atom. The van der Waals surface area contributed by atoms with Crippen molar-refractivity contribution in [3.63, 3.8) is 0 Å². The molecule has 2 aromatic carbocycles. The van der Waals surface area contributed by atoms with Gasteiger partial charge in [-0.2, -0.15) is 0 Å². The Morgan fingerprint density at radius 3 is 2.26 bits per heavy atom. The van der Waals surface area contributed by atoms with Gasteiger partial charge in [-0.1, -0.05) is 6.07 Å². The van der Waals surface area contributed by atoms with Crippen LogP contribution >= 0.6 is 0 Å². The van der Waals surface area contributed by atoms with Gasteiger partial charge in [0.1, 0.15) is 22.8 Å². The SMILES string of the molecule is COc1ccc(C(=O)c2ccc(CO)cc2O)c(OC(=O)OC(C)(C)C)c1. The van der Waals surface area contributed by atoms with E-state index in [9.17, 15) is 14.7 Å². The fourth-order valence-corrected chi connectivity index (χ4v) is 2.27. The molecule has 0 spiro atoms. The van der Waals surface area contributed by atoms with Gasteiger partial charge in [0, 0.05) is 6.07 Å². The molecule has 0 aliphatic rings. The Labute approximate surface area is 157 Å². The fourth-order valence-electron chi connectivity index (χ4n) is 2.27. The first-order chi connectivity index (χ1) is 12.6. The maximum Gasteiger partial charge on any atom is 0.514 e. The number of carbonyl (C=O) groups excluding carboxylic acids is 2. The molecule has 0 fully saturated rings. The van der Waals surface area contributed by atoms with Crippen LogP contribution in [-0.2, 0) is 11.3 Å². The van der Waals surface area contributed by atoms with Crippen LogP contribution in [0.5, 0.6) is 17.2 Å². The molecule has 27 heavy (non-hydrogen) atoms. The van der Waals surface area contributed by atoms with Crippen molar-refractivity contribution < 1.29 is 34.0 Å². The number of phenolic OH excluding ortho intramolecular Hbond substituents is 1. The van der Waals surface area contributed by atoms with Crippen LogP contribution in [-0.4, -0.2) is 34.9 Å². The van der Waals surface area contributed by atoms with Crippen LogP contribution in [0.2, 0.25) is 0 Å². The fraction of sp³-hybridized carbons (Fsp3) is 0.300. The van der Waals surface area contributed by atoms with Gasteiger partial charge in [-0.15, -0.1) is 0 Å². The minimum Gasteiger partial charge on any atom is -0.507 e. The van der Waals surface area contributed by atoms with E-state index >= 15 is 0 Å². The minimum atomic E-state index is -0.968. The topological polar surface area (TPSA) is 102 Å². The zero-order chi connectivity index (χ0) is 20.2. The van der Waals surface area contributed by atoms with E-state index in [1.807, 2.05) is 0 Å². The van der Waals surface area contributed by atoms with Crippen molar-refractivity contribution in [2.45, 2.75) is 33.0 Å². The molecule has 0 aliphatic carbocycles. The Balaban J connectivity index is 2.41. The predicted molar refractivity (Wildman–Crippen MR) is 97.3 cm³/mol. The van der Waals surface area contributed by atoms with Gasteiger partial charge in [0.25, 0.3) is 0 Å². The zero-order valence-electron chi connectivity index (χ0n) is 15.6. The number of ketones is 1. The standard InChI is InChI=1S/C20H22O7/c1-20(2,3)27-19(24)26-17-10-13(25-4)6-8-15(17)18(23)14-7-5-12(11-21)9-16(14)22/h5-10,21-22H,11H2,1-4H3. The lowest BCUT2D eigenvalue weighted by Gasteiger charge is -2.19. The third kappa shape index (κ3) is 5.21. The van der Waals surface area contributed by atoms with Crippen molar-refractivity contribution in [3.05, 3.63) is 53.1 Å². The molecule has 0 aromatic heterocycles. The van der Waals surface area contributed by atoms with Gasteiger partial charge in [-0.05, 0) is 50.6 Å². The van der Waals surface area contributed by atoms with E-state index < -0.39 is 17.5 Å². The lowest BCUT2D eigenvalue weighted by molar-refractivity contribution is 0.0205. The number of hydrogen-bond acceptors (Lipinski definition) is 7. The molecule has 144 valence electrons. The number of methoxy groups -OCH3 is 1. The molecule has 0 saturated heterocycles. The predicted octanol–water partition coefficient (Wildman–Crippen LogP) is 3.44. The van der Waals surface area contributed by atoms with Crippen LogP contribution in [0.3, 0.4) is 0 Å². The van der Waals surface area contributed by atoms with Crippen molar-refractivity contribution in [1.82, 2.24) is 0 Å². The first-order valence-corrected chi connectivity index (χ1v) is 8.21. The molecule has 2 N–H and O–H groups in total. The van der Waals surface area contributed by atoms with Crippen LogP contribution in [0.4, 0.5) is 4.79 Å². The summed E-state index contributed by atoms with van der Waals surface area (Å²) in [5.74, 6) is -0.520. The molecule has 0 radical (unpaired) electrons. The van der Waals surface area contributed by atoms with Crippen LogP contribution < -0.4 is 9.47 Å². The number of aliphatic hydroxyl groups excluding tert-OH is 1. The minimum absolute atomic E-state index is 0.00593. The quantitative estimate of drug-likeness (QED) is 0.469. The highest BCUT2D eigenvalue weighted by atomic mass is 16.7. The summed E-state index contributed by atoms with van der Waals surface area (Å²) in [6.45, 7) is 4.80. The molecule has 7 nitrogen and oxygen atoms in total. The molecule has 7 heteroatoms. The Morgan fingerprint density at radius 2 is 1.70 bits per heavy atom. The van der Waals surface area contributed by atoms with Crippen molar-refractivity contribution >= 4 is 11.9 Å². The zero-order valence-corrected chi connectivity index (χ0v) is 15.6. The van der Waals surface area contributed by atoms with E-state index in [4.69, 9.17) is 19.3 Å². The van der Waals surface area contributed by atoms with Crippen molar-refractivity contribution in [3.8, 4) is 17.2 Å². The lowest BCUT2D eigenvalue weighted by atomic mass is 10.00. The number of hydrogen-bond donors (Lipinski definition) is 2. The summed E-state index contributed by atoms with van der Waals surface area (Å²) < 4.78 is 15.4. The number of rotatable bonds is 5. The maximum absolute atomic E-state index is 12.9. The highest BCUT2D eigenvalue weighted by molar-refractivity contribution is 6.12. The summed E-state index contributed by atoms with van der Waals surface area (Å²) in [6.07, 6.45) is -0.968. The first-order valence-electron chi connectivity index (χ1n) is 8.21. The van der Waals surface area contributed by atoms with Gasteiger partial charge >= 0.3 is 6.16 Å². The number of aliphatic hydroxyl groups is 1. The number of aromatic hydroxyl groups is 1. The average Bonchev–Trinajstić information content (AvgIpc) is 2.59. The Bertz CT molecular complexity index is 850. The second kappa shape index (κ2) is 8.09. The van der Waals surface area contributed by atoms with Crippen LogP contribution in [0.25, 0.3) is 0 Å². The first kappa shape index (κ1) is 20.3. The van der Waals surface area contributed by atoms with Gasteiger partial charge in [-0.25, -0.2) is 4.79 Å². The Kier molecular flexibility index (Phi) is 6.07. The smallest absolute Gasteiger partial charge is 0.507 e. The normalized spacial score (nSPS) is 11.0. The molecule has 0 saturated carbocycles. The summed E-state index contributed by atoms with van der Waals surface area (Å²) >= 11 is 0. The van der Waals surface area contributed by atoms with Gasteiger partial charge in [0.2, 0.25) is 0 Å². The van der Waals surface area contributed by atoms with Crippen LogP contribution in [0.1, 0.15) is 42.3 Å². The number of ether oxygens (including phenoxy) is 3. The summed E-state index contributed by atoms with van der Waals surface area (Å²) in [5.41, 5.74) is -0.248. The molecule has 2 rings (SSSR count). The summed E-state index contributed by atoms with van der Waals surface area (Å²) in [4.78, 5) is 24.9. The van der Waals surface area contributed by atoms with Crippen molar-refractivity contribution in [2.24, 2.45) is 0 Å². The molecule has 0 atom stereocenters. The Hall–Kier alpha value is -3.06. The second-order valence-corrected chi connectivity index (χ2v) is 6.77. The maximum atomic E-state index is 12.9. The molecule has 0 unspecified atom stereocenters. The molecular formula is C20H22O7. The average molecular weight is 374 g/mol. The van der Waals surface area contributed by atoms with Gasteiger partial charge in [0.15, 0.2) is 5.78 Å². The van der Waals surface area contributed by atoms with E-state index in [0.717, 1.165) is 0 Å². The number of phenols is 1. The van der Waals surface area contributed by atoms with Crippen LogP contribution in [0.15, 0.2) is 36.4 Å². The molecule has 0 aliphatic heterocycles. The van der Waals surface area contributed by atoms with E-state index in [2.05, 4.69) is 0 Å². The summed E-state index contributed by atoms with van der Waals surface area (Å²) in [7, 11) is 1.44. The number of carbonyl (C=O) groups is 2. The number of benzene rings is 2. The largest absolute Gasteiger partial charge is 0.514 e. The molecule has 2 aromatic rings. The van der Waals surface area contributed by atoms with E-state index in [1.54, 1.807) is 20.8 Å². The third-order valence-electron chi connectivity index (χ3n) is 3.51. The second-order valence-electron chi connectivity index (χ2n) is 6.77.